The van der Waals surface area contributed by atoms with Gasteiger partial charge in [0.25, 0.3) is 5.69 Å². The lowest BCUT2D eigenvalue weighted by molar-refractivity contribution is -0.384. The molecule has 1 unspecified atom stereocenters. The Kier molecular flexibility index (Phi) is 6.29. The number of nitro groups is 1. The fourth-order valence-electron chi connectivity index (χ4n) is 3.62. The molecule has 160 valence electrons. The third-order valence-corrected chi connectivity index (χ3v) is 5.51. The molecule has 1 aromatic heterocycles. The van der Waals surface area contributed by atoms with Crippen molar-refractivity contribution in [2.45, 2.75) is 19.5 Å². The van der Waals surface area contributed by atoms with Crippen LogP contribution in [0.4, 0.5) is 11.5 Å². The molecule has 9 heteroatoms. The molecule has 0 spiro atoms. The summed E-state index contributed by atoms with van der Waals surface area (Å²) >= 11 is 5.92. The quantitative estimate of drug-likeness (QED) is 0.411. The highest BCUT2D eigenvalue weighted by Crippen LogP contribution is 2.25. The number of non-ortho nitro benzene ring substituents is 1. The Hall–Kier alpha value is -3.23. The van der Waals surface area contributed by atoms with E-state index in [2.05, 4.69) is 26.7 Å². The number of anilines is 1. The fraction of sp³-hybridized carbons (Fsp3) is 0.273. The zero-order valence-corrected chi connectivity index (χ0v) is 17.8. The van der Waals surface area contributed by atoms with E-state index in [9.17, 15) is 10.1 Å². The van der Waals surface area contributed by atoms with Crippen LogP contribution >= 0.6 is 11.6 Å². The van der Waals surface area contributed by atoms with Gasteiger partial charge in [-0.3, -0.25) is 15.0 Å². The predicted octanol–water partition coefficient (Wildman–Crippen LogP) is 4.54. The number of nitrogens with zero attached hydrogens (tertiary/aromatic N) is 5. The van der Waals surface area contributed by atoms with Gasteiger partial charge in [0.2, 0.25) is 5.88 Å². The van der Waals surface area contributed by atoms with Crippen LogP contribution in [0.5, 0.6) is 11.6 Å². The number of rotatable bonds is 6. The maximum atomic E-state index is 11.0. The van der Waals surface area contributed by atoms with Gasteiger partial charge in [-0.15, -0.1) is 0 Å². The van der Waals surface area contributed by atoms with Gasteiger partial charge in [-0.05, 0) is 36.8 Å². The SMILES string of the molecule is CC1CN(c2cc(Oc3ccc(Cl)cc3)ncn2)CCN1Cc1cccc([N+](=O)[O-])c1. The summed E-state index contributed by atoms with van der Waals surface area (Å²) in [7, 11) is 0. The summed E-state index contributed by atoms with van der Waals surface area (Å²) in [5.74, 6) is 1.93. The van der Waals surface area contributed by atoms with Crippen molar-refractivity contribution in [3.05, 3.63) is 81.6 Å². The Labute approximate surface area is 185 Å². The maximum Gasteiger partial charge on any atom is 0.269 e. The molecule has 8 nitrogen and oxygen atoms in total. The number of aromatic nitrogens is 2. The summed E-state index contributed by atoms with van der Waals surface area (Å²) in [6, 6.07) is 16.0. The number of hydrogen-bond donors (Lipinski definition) is 0. The van der Waals surface area contributed by atoms with Gasteiger partial charge in [-0.1, -0.05) is 23.7 Å². The molecule has 1 aliphatic rings. The topological polar surface area (TPSA) is 84.6 Å². The van der Waals surface area contributed by atoms with Crippen molar-refractivity contribution in [1.82, 2.24) is 14.9 Å². The highest BCUT2D eigenvalue weighted by molar-refractivity contribution is 6.30. The number of hydrogen-bond acceptors (Lipinski definition) is 7. The number of ether oxygens (including phenoxy) is 1. The summed E-state index contributed by atoms with van der Waals surface area (Å²) < 4.78 is 5.82. The van der Waals surface area contributed by atoms with E-state index in [-0.39, 0.29) is 16.7 Å². The molecular weight excluding hydrogens is 418 g/mol. The van der Waals surface area contributed by atoms with Crippen LogP contribution in [0.3, 0.4) is 0 Å². The maximum absolute atomic E-state index is 11.0. The molecule has 0 radical (unpaired) electrons. The molecule has 2 heterocycles. The fourth-order valence-corrected chi connectivity index (χ4v) is 3.75. The Balaban J connectivity index is 1.40. The van der Waals surface area contributed by atoms with Crippen LogP contribution in [0.2, 0.25) is 5.02 Å². The van der Waals surface area contributed by atoms with Crippen LogP contribution in [-0.4, -0.2) is 45.5 Å². The molecule has 0 N–H and O–H groups in total. The van der Waals surface area contributed by atoms with E-state index in [0.717, 1.165) is 31.0 Å². The Morgan fingerprint density at radius 1 is 1.16 bits per heavy atom. The van der Waals surface area contributed by atoms with Crippen LogP contribution < -0.4 is 9.64 Å². The first-order valence-corrected chi connectivity index (χ1v) is 10.3. The largest absolute Gasteiger partial charge is 0.439 e. The second-order valence-electron chi connectivity index (χ2n) is 7.46. The van der Waals surface area contributed by atoms with Crippen molar-refractivity contribution in [1.29, 1.82) is 0 Å². The van der Waals surface area contributed by atoms with Gasteiger partial charge in [-0.25, -0.2) is 9.97 Å². The number of halogens is 1. The van der Waals surface area contributed by atoms with Gasteiger partial charge in [0.05, 0.1) is 4.92 Å². The molecule has 0 amide bonds. The van der Waals surface area contributed by atoms with Crippen molar-refractivity contribution < 1.29 is 9.66 Å². The zero-order valence-electron chi connectivity index (χ0n) is 17.0. The van der Waals surface area contributed by atoms with Crippen molar-refractivity contribution in [3.63, 3.8) is 0 Å². The summed E-state index contributed by atoms with van der Waals surface area (Å²) in [6.07, 6.45) is 1.50. The molecule has 31 heavy (non-hydrogen) atoms. The Morgan fingerprint density at radius 3 is 2.71 bits per heavy atom. The van der Waals surface area contributed by atoms with Gasteiger partial charge in [0, 0.05) is 55.4 Å². The van der Waals surface area contributed by atoms with Crippen LogP contribution in [0.25, 0.3) is 0 Å². The molecule has 0 saturated carbocycles. The molecule has 2 aromatic carbocycles. The lowest BCUT2D eigenvalue weighted by Gasteiger charge is -2.40. The van der Waals surface area contributed by atoms with E-state index in [1.165, 1.54) is 12.4 Å². The van der Waals surface area contributed by atoms with Crippen LogP contribution in [0.15, 0.2) is 60.9 Å². The Bertz CT molecular complexity index is 1060. The lowest BCUT2D eigenvalue weighted by atomic mass is 10.1. The van der Waals surface area contributed by atoms with Crippen molar-refractivity contribution in [2.75, 3.05) is 24.5 Å². The molecule has 1 atom stereocenters. The van der Waals surface area contributed by atoms with E-state index < -0.39 is 0 Å². The van der Waals surface area contributed by atoms with Gasteiger partial charge in [-0.2, -0.15) is 0 Å². The van der Waals surface area contributed by atoms with Crippen LogP contribution in [0.1, 0.15) is 12.5 Å². The van der Waals surface area contributed by atoms with E-state index >= 15 is 0 Å². The second kappa shape index (κ2) is 9.28. The summed E-state index contributed by atoms with van der Waals surface area (Å²) in [5.41, 5.74) is 1.06. The standard InChI is InChI=1S/C22H22ClN5O3/c1-16-13-27(10-9-26(16)14-17-3-2-4-19(11-17)28(29)30)21-12-22(25-15-24-21)31-20-7-5-18(23)6-8-20/h2-8,11-12,15-16H,9-10,13-14H2,1H3. The lowest BCUT2D eigenvalue weighted by Crippen LogP contribution is -2.51. The number of piperazine rings is 1. The highest BCUT2D eigenvalue weighted by Gasteiger charge is 2.25. The van der Waals surface area contributed by atoms with E-state index in [0.29, 0.717) is 23.2 Å². The third kappa shape index (κ3) is 5.28. The second-order valence-corrected chi connectivity index (χ2v) is 7.90. The molecule has 1 saturated heterocycles. The highest BCUT2D eigenvalue weighted by atomic mass is 35.5. The summed E-state index contributed by atoms with van der Waals surface area (Å²) in [6.45, 7) is 5.21. The van der Waals surface area contributed by atoms with Crippen molar-refractivity contribution in [2.24, 2.45) is 0 Å². The smallest absolute Gasteiger partial charge is 0.269 e. The normalized spacial score (nSPS) is 16.8. The van der Waals surface area contributed by atoms with E-state index in [1.807, 2.05) is 12.1 Å². The van der Waals surface area contributed by atoms with Gasteiger partial charge >= 0.3 is 0 Å². The van der Waals surface area contributed by atoms with E-state index in [4.69, 9.17) is 16.3 Å². The van der Waals surface area contributed by atoms with Gasteiger partial charge < -0.3 is 9.64 Å². The minimum absolute atomic E-state index is 0.123. The third-order valence-electron chi connectivity index (χ3n) is 5.26. The average Bonchev–Trinajstić information content (AvgIpc) is 2.77. The van der Waals surface area contributed by atoms with Crippen LogP contribution in [-0.2, 0) is 6.54 Å². The molecule has 3 aromatic rings. The Morgan fingerprint density at radius 2 is 1.97 bits per heavy atom. The molecule has 4 rings (SSSR count). The average molecular weight is 440 g/mol. The monoisotopic (exact) mass is 439 g/mol. The van der Waals surface area contributed by atoms with Crippen molar-refractivity contribution >= 4 is 23.1 Å². The number of nitro benzene ring substituents is 1. The minimum atomic E-state index is -0.357. The zero-order chi connectivity index (χ0) is 21.8. The summed E-state index contributed by atoms with van der Waals surface area (Å²) in [5, 5.41) is 11.7. The molecule has 0 aliphatic carbocycles. The minimum Gasteiger partial charge on any atom is -0.439 e. The van der Waals surface area contributed by atoms with Gasteiger partial charge in [0.1, 0.15) is 17.9 Å². The van der Waals surface area contributed by atoms with Crippen LogP contribution in [0, 0.1) is 10.1 Å². The first-order valence-electron chi connectivity index (χ1n) is 9.96. The van der Waals surface area contributed by atoms with Gasteiger partial charge in [0.15, 0.2) is 0 Å². The predicted molar refractivity (Wildman–Crippen MR) is 119 cm³/mol. The van der Waals surface area contributed by atoms with Crippen molar-refractivity contribution in [3.8, 4) is 11.6 Å². The first kappa shape index (κ1) is 21.0. The molecular formula is C22H22ClN5O3. The first-order chi connectivity index (χ1) is 15.0. The molecule has 0 bridgehead atoms. The molecule has 1 fully saturated rings. The number of benzene rings is 2. The molecule has 1 aliphatic heterocycles. The summed E-state index contributed by atoms with van der Waals surface area (Å²) in [4.78, 5) is 23.8. The van der Waals surface area contributed by atoms with E-state index in [1.54, 1.807) is 36.4 Å².